The van der Waals surface area contributed by atoms with Crippen LogP contribution < -0.4 is 0 Å². The molecular weight excluding hydrogens is 265 g/mol. The maximum atomic E-state index is 13.8. The van der Waals surface area contributed by atoms with Crippen LogP contribution >= 0.6 is 7.60 Å². The Kier molecular flexibility index (Phi) is 6.61. The van der Waals surface area contributed by atoms with Gasteiger partial charge in [-0.1, -0.05) is 20.8 Å². The zero-order chi connectivity index (χ0) is 14.6. The Morgan fingerprint density at radius 3 is 2.00 bits per heavy atom. The first-order valence-electron chi connectivity index (χ1n) is 5.70. The molecule has 18 heavy (non-hydrogen) atoms. The van der Waals surface area contributed by atoms with Crippen LogP contribution in [-0.4, -0.2) is 32.1 Å². The van der Waals surface area contributed by atoms with Crippen molar-refractivity contribution in [2.45, 2.75) is 33.1 Å². The van der Waals surface area contributed by atoms with Gasteiger partial charge >= 0.3 is 13.5 Å². The van der Waals surface area contributed by atoms with Gasteiger partial charge in [-0.25, -0.2) is 0 Å². The van der Waals surface area contributed by atoms with Gasteiger partial charge in [-0.05, 0) is 12.3 Å². The lowest BCUT2D eigenvalue weighted by atomic mass is 9.91. The van der Waals surface area contributed by atoms with E-state index in [2.05, 4.69) is 9.05 Å². The highest BCUT2D eigenvalue weighted by Gasteiger charge is 2.47. The Balaban J connectivity index is 4.80. The van der Waals surface area contributed by atoms with Crippen molar-refractivity contribution in [2.75, 3.05) is 20.4 Å². The highest BCUT2D eigenvalue weighted by Crippen LogP contribution is 2.48. The normalized spacial score (nSPS) is 14.9. The van der Waals surface area contributed by atoms with E-state index in [0.717, 1.165) is 14.2 Å². The van der Waals surface area contributed by atoms with Crippen molar-refractivity contribution in [3.63, 3.8) is 0 Å². The summed E-state index contributed by atoms with van der Waals surface area (Å²) in [7, 11) is -1.61. The molecule has 0 aliphatic carbocycles. The van der Waals surface area contributed by atoms with Crippen molar-refractivity contribution in [3.05, 3.63) is 0 Å². The minimum atomic E-state index is -3.74. The molecule has 0 radical (unpaired) electrons. The SMILES string of the molecule is COP(=O)(CC(=O)C(F)(F)[C@H](C)CC(C)C)OC. The monoisotopic (exact) mass is 286 g/mol. The molecule has 0 aliphatic heterocycles. The number of hydrogen-bond donors (Lipinski definition) is 0. The summed E-state index contributed by atoms with van der Waals surface area (Å²) in [4.78, 5) is 11.5. The van der Waals surface area contributed by atoms with Gasteiger partial charge in [-0.3, -0.25) is 9.36 Å². The van der Waals surface area contributed by atoms with Crippen molar-refractivity contribution in [3.8, 4) is 0 Å². The van der Waals surface area contributed by atoms with Gasteiger partial charge < -0.3 is 9.05 Å². The zero-order valence-electron chi connectivity index (χ0n) is 11.4. The third-order valence-corrected chi connectivity index (χ3v) is 4.50. The molecule has 0 amide bonds. The summed E-state index contributed by atoms with van der Waals surface area (Å²) in [5, 5.41) is 0. The highest BCUT2D eigenvalue weighted by atomic mass is 31.2. The summed E-state index contributed by atoms with van der Waals surface area (Å²) >= 11 is 0. The molecule has 0 aliphatic rings. The van der Waals surface area contributed by atoms with Crippen LogP contribution in [0.25, 0.3) is 0 Å². The van der Waals surface area contributed by atoms with Crippen LogP contribution in [-0.2, 0) is 18.4 Å². The molecule has 0 aromatic carbocycles. The molecular formula is C11H21F2O4P. The number of carbonyl (C=O) groups excluding carboxylic acids is 1. The molecule has 0 fully saturated rings. The first-order chi connectivity index (χ1) is 8.09. The summed E-state index contributed by atoms with van der Waals surface area (Å²) < 4.78 is 48.2. The van der Waals surface area contributed by atoms with Crippen LogP contribution in [0.5, 0.6) is 0 Å². The minimum Gasteiger partial charge on any atom is -0.312 e. The second-order valence-corrected chi connectivity index (χ2v) is 6.98. The van der Waals surface area contributed by atoms with E-state index in [9.17, 15) is 18.1 Å². The summed E-state index contributed by atoms with van der Waals surface area (Å²) in [6.07, 6.45) is -0.696. The first-order valence-corrected chi connectivity index (χ1v) is 7.43. The fourth-order valence-corrected chi connectivity index (χ4v) is 2.58. The molecule has 4 nitrogen and oxygen atoms in total. The smallest absolute Gasteiger partial charge is 0.312 e. The molecule has 7 heteroatoms. The van der Waals surface area contributed by atoms with E-state index >= 15 is 0 Å². The summed E-state index contributed by atoms with van der Waals surface area (Å²) in [5.41, 5.74) is 0. The molecule has 0 heterocycles. The van der Waals surface area contributed by atoms with E-state index in [-0.39, 0.29) is 12.3 Å². The molecule has 0 saturated carbocycles. The van der Waals surface area contributed by atoms with E-state index in [4.69, 9.17) is 0 Å². The molecule has 0 spiro atoms. The number of ketones is 1. The van der Waals surface area contributed by atoms with Gasteiger partial charge in [0, 0.05) is 20.1 Å². The number of Topliss-reactive ketones (excluding diaryl/α,β-unsaturated/α-hetero) is 1. The largest absolute Gasteiger partial charge is 0.337 e. The summed E-state index contributed by atoms with van der Waals surface area (Å²) in [6.45, 7) is 4.90. The van der Waals surface area contributed by atoms with E-state index in [1.165, 1.54) is 6.92 Å². The van der Waals surface area contributed by atoms with Crippen molar-refractivity contribution in [1.82, 2.24) is 0 Å². The van der Waals surface area contributed by atoms with Crippen LogP contribution in [0.3, 0.4) is 0 Å². The fraction of sp³-hybridized carbons (Fsp3) is 0.909. The van der Waals surface area contributed by atoms with Crippen LogP contribution in [0.4, 0.5) is 8.78 Å². The van der Waals surface area contributed by atoms with Crippen molar-refractivity contribution in [1.29, 1.82) is 0 Å². The number of carbonyl (C=O) groups is 1. The lowest BCUT2D eigenvalue weighted by molar-refractivity contribution is -0.148. The summed E-state index contributed by atoms with van der Waals surface area (Å²) in [5.74, 6) is -5.97. The molecule has 0 aromatic rings. The topological polar surface area (TPSA) is 52.6 Å². The number of hydrogen-bond acceptors (Lipinski definition) is 4. The van der Waals surface area contributed by atoms with Gasteiger partial charge in [0.25, 0.3) is 0 Å². The van der Waals surface area contributed by atoms with E-state index in [1.54, 1.807) is 13.8 Å². The molecule has 0 unspecified atom stereocenters. The van der Waals surface area contributed by atoms with Gasteiger partial charge in [0.05, 0.1) is 0 Å². The number of alkyl halides is 2. The van der Waals surface area contributed by atoms with Crippen LogP contribution in [0.1, 0.15) is 27.2 Å². The van der Waals surface area contributed by atoms with Crippen molar-refractivity contribution in [2.24, 2.45) is 11.8 Å². The van der Waals surface area contributed by atoms with E-state index in [0.29, 0.717) is 0 Å². The van der Waals surface area contributed by atoms with Crippen molar-refractivity contribution < 1.29 is 27.2 Å². The number of rotatable bonds is 8. The van der Waals surface area contributed by atoms with E-state index < -0.39 is 31.4 Å². The quantitative estimate of drug-likeness (QED) is 0.642. The maximum Gasteiger partial charge on any atom is 0.337 e. The third-order valence-electron chi connectivity index (χ3n) is 2.71. The molecule has 1 atom stereocenters. The highest BCUT2D eigenvalue weighted by molar-refractivity contribution is 7.54. The predicted octanol–water partition coefficient (Wildman–Crippen LogP) is 3.36. The van der Waals surface area contributed by atoms with Gasteiger partial charge in [-0.15, -0.1) is 0 Å². The van der Waals surface area contributed by atoms with Gasteiger partial charge in [0.2, 0.25) is 5.78 Å². The van der Waals surface area contributed by atoms with Gasteiger partial charge in [0.15, 0.2) is 0 Å². The average molecular weight is 286 g/mol. The lowest BCUT2D eigenvalue weighted by Gasteiger charge is -2.24. The Hall–Kier alpha value is -0.320. The molecule has 108 valence electrons. The first kappa shape index (κ1) is 17.7. The van der Waals surface area contributed by atoms with Crippen molar-refractivity contribution >= 4 is 13.4 Å². The number of halogens is 2. The second-order valence-electron chi connectivity index (χ2n) is 4.71. The molecule has 0 bridgehead atoms. The molecule has 0 rings (SSSR count). The third kappa shape index (κ3) is 4.75. The lowest BCUT2D eigenvalue weighted by Crippen LogP contribution is -2.38. The van der Waals surface area contributed by atoms with Gasteiger partial charge in [0.1, 0.15) is 6.16 Å². The van der Waals surface area contributed by atoms with E-state index in [1.807, 2.05) is 0 Å². The molecule has 0 aromatic heterocycles. The molecule has 0 N–H and O–H groups in total. The Morgan fingerprint density at radius 2 is 1.67 bits per heavy atom. The minimum absolute atomic E-state index is 0.0512. The Morgan fingerprint density at radius 1 is 1.22 bits per heavy atom. The standard InChI is InChI=1S/C11H21F2O4P/c1-8(2)6-9(3)11(12,13)10(14)7-18(15,16-4)17-5/h8-9H,6-7H2,1-5H3/t9-/m1/s1. The zero-order valence-corrected chi connectivity index (χ0v) is 12.3. The van der Waals surface area contributed by atoms with Crippen LogP contribution in [0, 0.1) is 11.8 Å². The Bertz CT molecular complexity index is 323. The van der Waals surface area contributed by atoms with Gasteiger partial charge in [-0.2, -0.15) is 8.78 Å². The van der Waals surface area contributed by atoms with Crippen LogP contribution in [0.15, 0.2) is 0 Å². The maximum absolute atomic E-state index is 13.8. The molecule has 0 saturated heterocycles. The fourth-order valence-electron chi connectivity index (χ4n) is 1.61. The average Bonchev–Trinajstić information content (AvgIpc) is 2.27. The Labute approximate surface area is 107 Å². The summed E-state index contributed by atoms with van der Waals surface area (Å²) in [6, 6.07) is 0. The second kappa shape index (κ2) is 6.73. The van der Waals surface area contributed by atoms with Crippen LogP contribution in [0.2, 0.25) is 0 Å². The predicted molar refractivity (Wildman–Crippen MR) is 65.1 cm³/mol.